The highest BCUT2D eigenvalue weighted by Crippen LogP contribution is 2.13. The van der Waals surface area contributed by atoms with E-state index >= 15 is 0 Å². The van der Waals surface area contributed by atoms with Crippen molar-refractivity contribution in [2.24, 2.45) is 0 Å². The van der Waals surface area contributed by atoms with Crippen LogP contribution >= 0.6 is 0 Å². The van der Waals surface area contributed by atoms with Gasteiger partial charge >= 0.3 is 5.97 Å². The van der Waals surface area contributed by atoms with E-state index in [2.05, 4.69) is 0 Å². The summed E-state index contributed by atoms with van der Waals surface area (Å²) < 4.78 is 44.8. The van der Waals surface area contributed by atoms with Crippen LogP contribution in [0.3, 0.4) is 0 Å². The van der Waals surface area contributed by atoms with E-state index < -0.39 is 15.7 Å². The van der Waals surface area contributed by atoms with Crippen LogP contribution in [0.2, 0.25) is 0 Å². The molecule has 0 aliphatic carbocycles. The molecular weight excluding hydrogens is 384 g/mol. The van der Waals surface area contributed by atoms with Gasteiger partial charge in [-0.2, -0.15) is 8.42 Å². The maximum absolute atomic E-state index is 12.0. The average molecular weight is 417 g/mol. The normalized spacial score (nSPS) is 12.1. The maximum atomic E-state index is 12.0. The Morgan fingerprint density at radius 1 is 0.893 bits per heavy atom. The fraction of sp³-hybridized carbons (Fsp3) is 0.650. The highest BCUT2D eigenvalue weighted by Gasteiger charge is 2.16. The van der Waals surface area contributed by atoms with Gasteiger partial charge < -0.3 is 14.2 Å². The fourth-order valence-corrected chi connectivity index (χ4v) is 3.08. The highest BCUT2D eigenvalue weighted by molar-refractivity contribution is 7.86. The molecule has 0 spiro atoms. The first kappa shape index (κ1) is 24.6. The van der Waals surface area contributed by atoms with Crippen LogP contribution < -0.4 is 0 Å². The average Bonchev–Trinajstić information content (AvgIpc) is 2.58. The molecule has 0 amide bonds. The minimum atomic E-state index is -3.71. The van der Waals surface area contributed by atoms with Crippen molar-refractivity contribution in [1.82, 2.24) is 0 Å². The molecule has 0 N–H and O–H groups in total. The second-order valence-corrected chi connectivity index (χ2v) is 9.02. The maximum Gasteiger partial charge on any atom is 0.332 e. The molecule has 28 heavy (non-hydrogen) atoms. The molecule has 7 nitrogen and oxygen atoms in total. The Kier molecular flexibility index (Phi) is 10.7. The van der Waals surface area contributed by atoms with Crippen LogP contribution in [-0.2, 0) is 33.3 Å². The lowest BCUT2D eigenvalue weighted by Gasteiger charge is -2.19. The summed E-state index contributed by atoms with van der Waals surface area (Å²) in [7, 11) is -3.71. The van der Waals surface area contributed by atoms with Crippen LogP contribution in [0.5, 0.6) is 0 Å². The molecule has 0 atom stereocenters. The molecule has 0 radical (unpaired) electrons. The van der Waals surface area contributed by atoms with Crippen LogP contribution in [0.4, 0.5) is 0 Å². The molecule has 0 fully saturated rings. The third kappa shape index (κ3) is 11.4. The van der Waals surface area contributed by atoms with Crippen molar-refractivity contribution in [3.05, 3.63) is 29.8 Å². The largest absolute Gasteiger partial charge is 0.458 e. The quantitative estimate of drug-likeness (QED) is 0.277. The molecule has 0 unspecified atom stereocenters. The number of rotatable bonds is 13. The van der Waals surface area contributed by atoms with Crippen LogP contribution in [0.1, 0.15) is 45.6 Å². The summed E-state index contributed by atoms with van der Waals surface area (Å²) in [5.74, 6) is -0.371. The Morgan fingerprint density at radius 2 is 1.46 bits per heavy atom. The lowest BCUT2D eigenvalue weighted by atomic mass is 10.2. The number of esters is 1. The van der Waals surface area contributed by atoms with Gasteiger partial charge in [0, 0.05) is 19.8 Å². The number of carbonyl (C=O) groups excluding carboxylic acids is 1. The molecule has 8 heteroatoms. The van der Waals surface area contributed by atoms with Gasteiger partial charge in [-0.15, -0.1) is 0 Å². The molecule has 0 aromatic heterocycles. The van der Waals surface area contributed by atoms with Crippen molar-refractivity contribution in [2.45, 2.75) is 57.5 Å². The van der Waals surface area contributed by atoms with E-state index in [0.29, 0.717) is 26.2 Å². The second-order valence-electron chi connectivity index (χ2n) is 7.40. The van der Waals surface area contributed by atoms with Crippen LogP contribution in [-0.4, -0.2) is 53.0 Å². The number of hydrogen-bond donors (Lipinski definition) is 0. The zero-order valence-corrected chi connectivity index (χ0v) is 18.0. The smallest absolute Gasteiger partial charge is 0.332 e. The lowest BCUT2D eigenvalue weighted by molar-refractivity contribution is -0.160. The highest BCUT2D eigenvalue weighted by atomic mass is 32.2. The number of aryl methyl sites for hydroxylation is 1. The van der Waals surface area contributed by atoms with Crippen molar-refractivity contribution < 1.29 is 31.6 Å². The van der Waals surface area contributed by atoms with E-state index in [1.807, 2.05) is 27.7 Å². The predicted molar refractivity (Wildman–Crippen MR) is 106 cm³/mol. The predicted octanol–water partition coefficient (Wildman–Crippen LogP) is 3.25. The van der Waals surface area contributed by atoms with Crippen molar-refractivity contribution in [3.8, 4) is 0 Å². The van der Waals surface area contributed by atoms with Gasteiger partial charge in [-0.3, -0.25) is 4.18 Å². The third-order valence-corrected chi connectivity index (χ3v) is 4.77. The van der Waals surface area contributed by atoms with Gasteiger partial charge in [0.25, 0.3) is 10.1 Å². The molecule has 0 bridgehead atoms. The van der Waals surface area contributed by atoms with Gasteiger partial charge in [0.05, 0.1) is 11.5 Å². The van der Waals surface area contributed by atoms with Gasteiger partial charge in [-0.25, -0.2) is 4.79 Å². The van der Waals surface area contributed by atoms with E-state index in [1.165, 1.54) is 12.1 Å². The van der Waals surface area contributed by atoms with Gasteiger partial charge in [0.1, 0.15) is 12.2 Å². The summed E-state index contributed by atoms with van der Waals surface area (Å²) in [5, 5.41) is 0. The summed E-state index contributed by atoms with van der Waals surface area (Å²) >= 11 is 0. The van der Waals surface area contributed by atoms with Crippen LogP contribution in [0.15, 0.2) is 29.2 Å². The van der Waals surface area contributed by atoms with Gasteiger partial charge in [-0.1, -0.05) is 17.7 Å². The molecule has 0 aliphatic heterocycles. The zero-order valence-electron chi connectivity index (χ0n) is 17.2. The number of unbranched alkanes of at least 4 members (excludes halogenated alkanes) is 1. The van der Waals surface area contributed by atoms with Gasteiger partial charge in [0.15, 0.2) is 0 Å². The van der Waals surface area contributed by atoms with Crippen LogP contribution in [0.25, 0.3) is 0 Å². The molecule has 1 aromatic carbocycles. The molecule has 1 aromatic rings. The van der Waals surface area contributed by atoms with Crippen molar-refractivity contribution in [2.75, 3.05) is 33.0 Å². The molecule has 160 valence electrons. The monoisotopic (exact) mass is 416 g/mol. The Bertz CT molecular complexity index is 676. The van der Waals surface area contributed by atoms with E-state index in [1.54, 1.807) is 12.1 Å². The fourth-order valence-electron chi connectivity index (χ4n) is 2.14. The molecule has 0 saturated heterocycles. The molecule has 1 rings (SSSR count). The SMILES string of the molecule is Cc1ccc(S(=O)(=O)OCCCOCCCCOCC(=O)OC(C)(C)C)cc1. The van der Waals surface area contributed by atoms with E-state index in [-0.39, 0.29) is 24.1 Å². The first-order valence-corrected chi connectivity index (χ1v) is 10.8. The number of ether oxygens (including phenoxy) is 3. The van der Waals surface area contributed by atoms with Crippen LogP contribution in [0, 0.1) is 6.92 Å². The van der Waals surface area contributed by atoms with Crippen molar-refractivity contribution >= 4 is 16.1 Å². The third-order valence-electron chi connectivity index (χ3n) is 3.45. The minimum absolute atomic E-state index is 0.0507. The molecule has 0 saturated carbocycles. The molecule has 0 heterocycles. The number of carbonyl (C=O) groups is 1. The van der Waals surface area contributed by atoms with Gasteiger partial charge in [0.2, 0.25) is 0 Å². The molecule has 0 aliphatic rings. The molecular formula is C20H32O7S. The summed E-state index contributed by atoms with van der Waals surface area (Å²) in [6, 6.07) is 6.53. The number of benzene rings is 1. The lowest BCUT2D eigenvalue weighted by Crippen LogP contribution is -2.26. The summed E-state index contributed by atoms with van der Waals surface area (Å²) in [6.45, 7) is 8.77. The van der Waals surface area contributed by atoms with Crippen molar-refractivity contribution in [3.63, 3.8) is 0 Å². The van der Waals surface area contributed by atoms with E-state index in [0.717, 1.165) is 18.4 Å². The number of hydrogen-bond acceptors (Lipinski definition) is 7. The summed E-state index contributed by atoms with van der Waals surface area (Å²) in [4.78, 5) is 11.6. The topological polar surface area (TPSA) is 88.1 Å². The summed E-state index contributed by atoms with van der Waals surface area (Å²) in [6.07, 6.45) is 2.04. The van der Waals surface area contributed by atoms with E-state index in [9.17, 15) is 13.2 Å². The summed E-state index contributed by atoms with van der Waals surface area (Å²) in [5.41, 5.74) is 0.486. The standard InChI is InChI=1S/C20H32O7S/c1-17-8-10-18(11-9-17)28(22,23)26-15-7-14-24-12-5-6-13-25-16-19(21)27-20(2,3)4/h8-11H,5-7,12-16H2,1-4H3. The Hall–Kier alpha value is -1.48. The van der Waals surface area contributed by atoms with E-state index in [4.69, 9.17) is 18.4 Å². The minimum Gasteiger partial charge on any atom is -0.458 e. The van der Waals surface area contributed by atoms with Crippen molar-refractivity contribution in [1.29, 1.82) is 0 Å². The Morgan fingerprint density at radius 3 is 2.07 bits per heavy atom. The first-order chi connectivity index (χ1) is 13.1. The second kappa shape index (κ2) is 12.2. The zero-order chi connectivity index (χ0) is 21.0. The first-order valence-electron chi connectivity index (χ1n) is 9.43. The Labute approximate surface area is 168 Å². The Balaban J connectivity index is 1.99. The van der Waals surface area contributed by atoms with Gasteiger partial charge in [-0.05, 0) is 59.1 Å².